The minimum Gasteiger partial charge on any atom is -0.494 e. The van der Waals surface area contributed by atoms with Crippen molar-refractivity contribution in [3.05, 3.63) is 60.2 Å². The van der Waals surface area contributed by atoms with Gasteiger partial charge in [0.15, 0.2) is 0 Å². The molecule has 0 fully saturated rings. The van der Waals surface area contributed by atoms with Crippen molar-refractivity contribution in [2.24, 2.45) is 0 Å². The predicted octanol–water partition coefficient (Wildman–Crippen LogP) is 4.35. The molecule has 2 aromatic carbocycles. The summed E-state index contributed by atoms with van der Waals surface area (Å²) in [4.78, 5) is 28.2. The Balaban J connectivity index is 2.19. The molecule has 0 aliphatic heterocycles. The van der Waals surface area contributed by atoms with E-state index in [4.69, 9.17) is 4.74 Å². The van der Waals surface area contributed by atoms with Gasteiger partial charge in [-0.2, -0.15) is 0 Å². The molecule has 9 heteroatoms. The van der Waals surface area contributed by atoms with E-state index >= 15 is 0 Å². The third kappa shape index (κ3) is 9.72. The van der Waals surface area contributed by atoms with E-state index in [-0.39, 0.29) is 24.8 Å². The van der Waals surface area contributed by atoms with Crippen LogP contribution >= 0.6 is 0 Å². The highest BCUT2D eigenvalue weighted by Gasteiger charge is 2.30. The topological polar surface area (TPSA) is 96.0 Å². The summed E-state index contributed by atoms with van der Waals surface area (Å²) in [5.74, 6) is 0.261. The van der Waals surface area contributed by atoms with Crippen LogP contribution in [0.2, 0.25) is 0 Å². The van der Waals surface area contributed by atoms with Crippen molar-refractivity contribution in [1.82, 2.24) is 10.2 Å². The number of amides is 2. The minimum absolute atomic E-state index is 0.106. The highest BCUT2D eigenvalue weighted by atomic mass is 32.2. The Hall–Kier alpha value is -3.07. The fraction of sp³-hybridized carbons (Fsp3) is 0.500. The SMILES string of the molecule is CCOc1ccc(N(CCCC(=O)N(Cc2ccccc2)[C@@H](CC)C(=O)NC(C)(C)C)S(C)(=O)=O)cc1. The zero-order chi connectivity index (χ0) is 27.6. The number of nitrogens with zero attached hydrogens (tertiary/aromatic N) is 2. The standard InChI is InChI=1S/C28H41N3O5S/c1-7-25(27(33)29-28(3,4)5)30(21-22-13-10-9-11-14-22)26(32)15-12-20-31(37(6,34)35)23-16-18-24(19-17-23)36-8-2/h9-11,13-14,16-19,25H,7-8,12,15,20-21H2,1-6H3,(H,29,33)/t25-/m0/s1. The molecule has 0 aromatic heterocycles. The summed E-state index contributed by atoms with van der Waals surface area (Å²) in [5.41, 5.74) is 1.00. The normalized spacial score (nSPS) is 12.5. The summed E-state index contributed by atoms with van der Waals surface area (Å²) in [6.07, 6.45) is 2.02. The highest BCUT2D eigenvalue weighted by molar-refractivity contribution is 7.92. The molecule has 8 nitrogen and oxygen atoms in total. The van der Waals surface area contributed by atoms with Crippen LogP contribution in [0, 0.1) is 0 Å². The first-order valence-electron chi connectivity index (χ1n) is 12.7. The molecule has 0 aliphatic rings. The number of nitrogens with one attached hydrogen (secondary N) is 1. The number of hydrogen-bond acceptors (Lipinski definition) is 5. The van der Waals surface area contributed by atoms with E-state index in [2.05, 4.69) is 5.32 Å². The maximum atomic E-state index is 13.5. The highest BCUT2D eigenvalue weighted by Crippen LogP contribution is 2.23. The number of benzene rings is 2. The van der Waals surface area contributed by atoms with Crippen LogP contribution in [0.4, 0.5) is 5.69 Å². The molecule has 204 valence electrons. The Morgan fingerprint density at radius 1 is 1.00 bits per heavy atom. The summed E-state index contributed by atoms with van der Waals surface area (Å²) >= 11 is 0. The molecule has 1 atom stereocenters. The number of hydrogen-bond donors (Lipinski definition) is 1. The Labute approximate surface area is 222 Å². The first-order chi connectivity index (χ1) is 17.4. The van der Waals surface area contributed by atoms with Gasteiger partial charge in [0.1, 0.15) is 11.8 Å². The fourth-order valence-electron chi connectivity index (χ4n) is 4.03. The minimum atomic E-state index is -3.56. The zero-order valence-electron chi connectivity index (χ0n) is 22.9. The Morgan fingerprint density at radius 3 is 2.14 bits per heavy atom. The maximum Gasteiger partial charge on any atom is 0.243 e. The second kappa shape index (κ2) is 13.5. The first-order valence-corrected chi connectivity index (χ1v) is 14.6. The van der Waals surface area contributed by atoms with Crippen LogP contribution in [0.1, 0.15) is 59.4 Å². The number of carbonyl (C=O) groups is 2. The molecule has 0 spiro atoms. The van der Waals surface area contributed by atoms with Crippen LogP contribution in [0.5, 0.6) is 5.75 Å². The molecule has 37 heavy (non-hydrogen) atoms. The third-order valence-electron chi connectivity index (χ3n) is 5.67. The largest absolute Gasteiger partial charge is 0.494 e. The first kappa shape index (κ1) is 30.2. The molecule has 2 aromatic rings. The molecular weight excluding hydrogens is 490 g/mol. The molecule has 2 amide bonds. The van der Waals surface area contributed by atoms with Crippen molar-refractivity contribution in [2.75, 3.05) is 23.7 Å². The summed E-state index contributed by atoms with van der Waals surface area (Å²) in [5, 5.41) is 2.99. The summed E-state index contributed by atoms with van der Waals surface area (Å²) in [7, 11) is -3.56. The van der Waals surface area contributed by atoms with Gasteiger partial charge in [-0.15, -0.1) is 0 Å². The molecule has 0 unspecified atom stereocenters. The molecule has 0 saturated carbocycles. The second-order valence-corrected chi connectivity index (χ2v) is 11.9. The smallest absolute Gasteiger partial charge is 0.243 e. The van der Waals surface area contributed by atoms with Crippen LogP contribution in [0.15, 0.2) is 54.6 Å². The predicted molar refractivity (Wildman–Crippen MR) is 148 cm³/mol. The van der Waals surface area contributed by atoms with Crippen molar-refractivity contribution in [3.63, 3.8) is 0 Å². The molecule has 2 rings (SSSR count). The molecular formula is C28H41N3O5S. The Bertz CT molecular complexity index is 1110. The molecule has 0 aliphatic carbocycles. The van der Waals surface area contributed by atoms with Crippen LogP contribution < -0.4 is 14.4 Å². The van der Waals surface area contributed by atoms with Gasteiger partial charge in [-0.1, -0.05) is 37.3 Å². The van der Waals surface area contributed by atoms with Gasteiger partial charge in [-0.05, 0) is 70.4 Å². The van der Waals surface area contributed by atoms with Crippen molar-refractivity contribution in [3.8, 4) is 5.75 Å². The molecule has 0 heterocycles. The van der Waals surface area contributed by atoms with Gasteiger partial charge in [-0.25, -0.2) is 8.42 Å². The van der Waals surface area contributed by atoms with Crippen molar-refractivity contribution in [1.29, 1.82) is 0 Å². The van der Waals surface area contributed by atoms with E-state index in [0.717, 1.165) is 11.8 Å². The van der Waals surface area contributed by atoms with Gasteiger partial charge in [-0.3, -0.25) is 13.9 Å². The van der Waals surface area contributed by atoms with E-state index in [1.54, 1.807) is 29.2 Å². The van der Waals surface area contributed by atoms with Crippen molar-refractivity contribution < 1.29 is 22.7 Å². The number of anilines is 1. The summed E-state index contributed by atoms with van der Waals surface area (Å²) < 4.78 is 31.8. The lowest BCUT2D eigenvalue weighted by Crippen LogP contribution is -2.53. The van der Waals surface area contributed by atoms with Gasteiger partial charge >= 0.3 is 0 Å². The molecule has 0 radical (unpaired) electrons. The van der Waals surface area contributed by atoms with Gasteiger partial charge in [0, 0.05) is 25.0 Å². The number of ether oxygens (including phenoxy) is 1. The molecule has 0 saturated heterocycles. The third-order valence-corrected chi connectivity index (χ3v) is 6.86. The monoisotopic (exact) mass is 531 g/mol. The van der Waals surface area contributed by atoms with Crippen molar-refractivity contribution >= 4 is 27.5 Å². The molecule has 0 bridgehead atoms. The number of sulfonamides is 1. The van der Waals surface area contributed by atoms with Gasteiger partial charge < -0.3 is 15.0 Å². The fourth-order valence-corrected chi connectivity index (χ4v) is 5.00. The number of rotatable bonds is 13. The summed E-state index contributed by atoms with van der Waals surface area (Å²) in [6.45, 7) is 10.4. The van der Waals surface area contributed by atoms with E-state index in [1.165, 1.54) is 4.31 Å². The Morgan fingerprint density at radius 2 is 1.62 bits per heavy atom. The lowest BCUT2D eigenvalue weighted by Gasteiger charge is -2.33. The second-order valence-electron chi connectivity index (χ2n) is 10.0. The average Bonchev–Trinajstić information content (AvgIpc) is 2.81. The van der Waals surface area contributed by atoms with E-state index in [0.29, 0.717) is 37.4 Å². The van der Waals surface area contributed by atoms with E-state index < -0.39 is 21.6 Å². The van der Waals surface area contributed by atoms with Crippen LogP contribution in [0.25, 0.3) is 0 Å². The van der Waals surface area contributed by atoms with E-state index in [1.807, 2.05) is 65.0 Å². The Kier molecular flexibility index (Phi) is 11.0. The summed E-state index contributed by atoms with van der Waals surface area (Å²) in [6, 6.07) is 15.7. The van der Waals surface area contributed by atoms with Crippen LogP contribution in [-0.2, 0) is 26.2 Å². The van der Waals surface area contributed by atoms with Gasteiger partial charge in [0.05, 0.1) is 18.6 Å². The van der Waals surface area contributed by atoms with Crippen molar-refractivity contribution in [2.45, 2.75) is 72.0 Å². The van der Waals surface area contributed by atoms with Crippen LogP contribution in [0.3, 0.4) is 0 Å². The quantitative estimate of drug-likeness (QED) is 0.415. The maximum absolute atomic E-state index is 13.5. The lowest BCUT2D eigenvalue weighted by atomic mass is 10.0. The van der Waals surface area contributed by atoms with E-state index in [9.17, 15) is 18.0 Å². The van der Waals surface area contributed by atoms with Crippen LogP contribution in [-0.4, -0.2) is 56.1 Å². The van der Waals surface area contributed by atoms with Gasteiger partial charge in [0.25, 0.3) is 0 Å². The molecule has 1 N–H and O–H groups in total. The van der Waals surface area contributed by atoms with Gasteiger partial charge in [0.2, 0.25) is 21.8 Å². The average molecular weight is 532 g/mol. The zero-order valence-corrected chi connectivity index (χ0v) is 23.7. The lowest BCUT2D eigenvalue weighted by molar-refractivity contribution is -0.142. The number of carbonyl (C=O) groups excluding carboxylic acids is 2.